The Morgan fingerprint density at radius 3 is 2.41 bits per heavy atom. The van der Waals surface area contributed by atoms with E-state index in [1.807, 2.05) is 0 Å². The fourth-order valence-corrected chi connectivity index (χ4v) is 5.29. The lowest BCUT2D eigenvalue weighted by Crippen LogP contribution is -2.52. The van der Waals surface area contributed by atoms with Crippen molar-refractivity contribution in [2.24, 2.45) is 0 Å². The maximum absolute atomic E-state index is 13.6. The van der Waals surface area contributed by atoms with Crippen LogP contribution in [-0.2, 0) is 14.8 Å². The molecule has 1 fully saturated rings. The Morgan fingerprint density at radius 1 is 1.07 bits per heavy atom. The average molecular weight is 411 g/mol. The van der Waals surface area contributed by atoms with E-state index in [4.69, 9.17) is 0 Å². The van der Waals surface area contributed by atoms with Gasteiger partial charge in [-0.3, -0.25) is 9.59 Å². The van der Waals surface area contributed by atoms with Crippen molar-refractivity contribution < 1.29 is 22.4 Å². The summed E-state index contributed by atoms with van der Waals surface area (Å²) >= 11 is 1.15. The molecule has 0 spiro atoms. The van der Waals surface area contributed by atoms with Gasteiger partial charge < -0.3 is 10.2 Å². The zero-order valence-electron chi connectivity index (χ0n) is 14.3. The van der Waals surface area contributed by atoms with Gasteiger partial charge in [-0.15, -0.1) is 11.3 Å². The molecule has 0 saturated carbocycles. The third kappa shape index (κ3) is 4.34. The van der Waals surface area contributed by atoms with E-state index in [1.54, 1.807) is 17.5 Å². The number of rotatable bonds is 5. The van der Waals surface area contributed by atoms with E-state index >= 15 is 0 Å². The van der Waals surface area contributed by atoms with Crippen LogP contribution in [0.4, 0.5) is 4.39 Å². The van der Waals surface area contributed by atoms with Crippen LogP contribution in [0.3, 0.4) is 0 Å². The molecule has 0 radical (unpaired) electrons. The molecule has 27 heavy (non-hydrogen) atoms. The van der Waals surface area contributed by atoms with Gasteiger partial charge >= 0.3 is 0 Å². The van der Waals surface area contributed by atoms with Crippen molar-refractivity contribution in [3.05, 3.63) is 53.2 Å². The molecule has 0 unspecified atom stereocenters. The van der Waals surface area contributed by atoms with Gasteiger partial charge in [0.15, 0.2) is 0 Å². The highest BCUT2D eigenvalue weighted by Gasteiger charge is 2.30. The van der Waals surface area contributed by atoms with Crippen molar-refractivity contribution in [3.8, 4) is 0 Å². The van der Waals surface area contributed by atoms with Crippen LogP contribution < -0.4 is 5.32 Å². The summed E-state index contributed by atoms with van der Waals surface area (Å²) in [5.74, 6) is -1.66. The van der Waals surface area contributed by atoms with Crippen LogP contribution in [0.15, 0.2) is 46.0 Å². The van der Waals surface area contributed by atoms with Crippen molar-refractivity contribution in [2.45, 2.75) is 4.21 Å². The van der Waals surface area contributed by atoms with Crippen LogP contribution in [0.25, 0.3) is 0 Å². The van der Waals surface area contributed by atoms with Crippen LogP contribution in [0.2, 0.25) is 0 Å². The van der Waals surface area contributed by atoms with Crippen molar-refractivity contribution in [2.75, 3.05) is 32.7 Å². The second-order valence-corrected chi connectivity index (χ2v) is 8.99. The fourth-order valence-electron chi connectivity index (χ4n) is 2.72. The van der Waals surface area contributed by atoms with E-state index in [2.05, 4.69) is 5.32 Å². The van der Waals surface area contributed by atoms with E-state index in [0.717, 1.165) is 11.3 Å². The first kappa shape index (κ1) is 19.5. The molecule has 2 aromatic rings. The zero-order chi connectivity index (χ0) is 19.4. The van der Waals surface area contributed by atoms with Gasteiger partial charge in [0.1, 0.15) is 10.0 Å². The first-order chi connectivity index (χ1) is 12.9. The molecule has 0 bridgehead atoms. The number of carbonyl (C=O) groups is 2. The summed E-state index contributed by atoms with van der Waals surface area (Å²) in [6.45, 7) is 0.573. The quantitative estimate of drug-likeness (QED) is 0.800. The highest BCUT2D eigenvalue weighted by Crippen LogP contribution is 2.22. The molecule has 2 amide bonds. The van der Waals surface area contributed by atoms with Gasteiger partial charge in [0.25, 0.3) is 15.9 Å². The molecule has 10 heteroatoms. The summed E-state index contributed by atoms with van der Waals surface area (Å²) < 4.78 is 40.1. The third-order valence-corrected chi connectivity index (χ3v) is 7.47. The summed E-state index contributed by atoms with van der Waals surface area (Å²) in [6, 6.07) is 8.74. The maximum Gasteiger partial charge on any atom is 0.254 e. The molecule has 3 rings (SSSR count). The number of piperazine rings is 1. The molecule has 1 aromatic carbocycles. The second kappa shape index (κ2) is 8.15. The Balaban J connectivity index is 1.52. The lowest BCUT2D eigenvalue weighted by Gasteiger charge is -2.33. The normalized spacial score (nSPS) is 15.5. The van der Waals surface area contributed by atoms with Gasteiger partial charge in [0, 0.05) is 26.2 Å². The number of carbonyl (C=O) groups excluding carboxylic acids is 2. The molecule has 1 aromatic heterocycles. The SMILES string of the molecule is O=C(NCC(=O)N1CCN(S(=O)(=O)c2cccs2)CC1)c1ccccc1F. The Morgan fingerprint density at radius 2 is 1.78 bits per heavy atom. The van der Waals surface area contributed by atoms with Gasteiger partial charge in [-0.05, 0) is 23.6 Å². The summed E-state index contributed by atoms with van der Waals surface area (Å²) in [7, 11) is -3.53. The second-order valence-electron chi connectivity index (χ2n) is 5.88. The molecule has 144 valence electrons. The predicted molar refractivity (Wildman–Crippen MR) is 98.4 cm³/mol. The number of hydrogen-bond donors (Lipinski definition) is 1. The van der Waals surface area contributed by atoms with Crippen molar-refractivity contribution >= 4 is 33.2 Å². The number of benzene rings is 1. The van der Waals surface area contributed by atoms with Crippen molar-refractivity contribution in [3.63, 3.8) is 0 Å². The predicted octanol–water partition coefficient (Wildman–Crippen LogP) is 1.15. The molecule has 0 aliphatic carbocycles. The molecular formula is C17H18FN3O4S2. The summed E-state index contributed by atoms with van der Waals surface area (Å²) in [4.78, 5) is 25.7. The zero-order valence-corrected chi connectivity index (χ0v) is 15.9. The summed E-state index contributed by atoms with van der Waals surface area (Å²) in [5.41, 5.74) is -0.128. The largest absolute Gasteiger partial charge is 0.343 e. The number of sulfonamides is 1. The first-order valence-corrected chi connectivity index (χ1v) is 10.6. The van der Waals surface area contributed by atoms with Crippen LogP contribution in [0.5, 0.6) is 0 Å². The van der Waals surface area contributed by atoms with Gasteiger partial charge in [0.2, 0.25) is 5.91 Å². The number of hydrogen-bond acceptors (Lipinski definition) is 5. The smallest absolute Gasteiger partial charge is 0.254 e. The highest BCUT2D eigenvalue weighted by atomic mass is 32.2. The molecule has 2 heterocycles. The lowest BCUT2D eigenvalue weighted by molar-refractivity contribution is -0.131. The van der Waals surface area contributed by atoms with Gasteiger partial charge in [-0.25, -0.2) is 12.8 Å². The maximum atomic E-state index is 13.6. The molecule has 7 nitrogen and oxygen atoms in total. The monoisotopic (exact) mass is 411 g/mol. The van der Waals surface area contributed by atoms with Gasteiger partial charge in [-0.1, -0.05) is 18.2 Å². The van der Waals surface area contributed by atoms with Gasteiger partial charge in [0.05, 0.1) is 12.1 Å². The third-order valence-electron chi connectivity index (χ3n) is 4.20. The highest BCUT2D eigenvalue weighted by molar-refractivity contribution is 7.91. The Bertz CT molecular complexity index is 923. The van der Waals surface area contributed by atoms with Gasteiger partial charge in [-0.2, -0.15) is 4.31 Å². The van der Waals surface area contributed by atoms with E-state index < -0.39 is 21.7 Å². The molecule has 1 aliphatic heterocycles. The molecular weight excluding hydrogens is 393 g/mol. The fraction of sp³-hybridized carbons (Fsp3) is 0.294. The minimum Gasteiger partial charge on any atom is -0.343 e. The minimum atomic E-state index is -3.53. The number of nitrogens with zero attached hydrogens (tertiary/aromatic N) is 2. The van der Waals surface area contributed by atoms with E-state index in [-0.39, 0.29) is 48.4 Å². The van der Waals surface area contributed by atoms with Crippen LogP contribution >= 0.6 is 11.3 Å². The first-order valence-electron chi connectivity index (χ1n) is 8.24. The van der Waals surface area contributed by atoms with Crippen LogP contribution in [0.1, 0.15) is 10.4 Å². The minimum absolute atomic E-state index is 0.128. The molecule has 1 aliphatic rings. The van der Waals surface area contributed by atoms with E-state index in [1.165, 1.54) is 33.5 Å². The van der Waals surface area contributed by atoms with Crippen molar-refractivity contribution in [1.29, 1.82) is 0 Å². The standard InChI is InChI=1S/C17H18FN3O4S2/c18-14-5-2-1-4-13(14)17(23)19-12-15(22)20-7-9-21(10-8-20)27(24,25)16-6-3-11-26-16/h1-6,11H,7-10,12H2,(H,19,23). The molecule has 1 saturated heterocycles. The van der Waals surface area contributed by atoms with Crippen molar-refractivity contribution in [1.82, 2.24) is 14.5 Å². The van der Waals surface area contributed by atoms with E-state index in [9.17, 15) is 22.4 Å². The number of halogens is 1. The van der Waals surface area contributed by atoms with Crippen LogP contribution in [-0.4, -0.2) is 62.2 Å². The number of nitrogens with one attached hydrogen (secondary N) is 1. The summed E-state index contributed by atoms with van der Waals surface area (Å²) in [5, 5.41) is 4.10. The molecule has 1 N–H and O–H groups in total. The van der Waals surface area contributed by atoms with Crippen LogP contribution in [0, 0.1) is 5.82 Å². The summed E-state index contributed by atoms with van der Waals surface area (Å²) in [6.07, 6.45) is 0. The molecule has 0 atom stereocenters. The topological polar surface area (TPSA) is 86.8 Å². The lowest BCUT2D eigenvalue weighted by atomic mass is 10.2. The average Bonchev–Trinajstić information content (AvgIpc) is 3.22. The Hall–Kier alpha value is -2.30. The number of amides is 2. The Kier molecular flexibility index (Phi) is 5.88. The number of thiophene rings is 1. The van der Waals surface area contributed by atoms with E-state index in [0.29, 0.717) is 0 Å². The Labute approximate surface area is 160 Å².